The average molecular weight is 733 g/mol. The highest BCUT2D eigenvalue weighted by molar-refractivity contribution is 5.83. The zero-order valence-corrected chi connectivity index (χ0v) is 33.0. The van der Waals surface area contributed by atoms with Gasteiger partial charge >= 0.3 is 29.8 Å². The van der Waals surface area contributed by atoms with Crippen molar-refractivity contribution in [2.24, 2.45) is 57.7 Å². The van der Waals surface area contributed by atoms with Crippen LogP contribution < -0.4 is 0 Å². The molecule has 8 fully saturated rings. The van der Waals surface area contributed by atoms with Gasteiger partial charge in [-0.15, -0.1) is 0 Å². The highest BCUT2D eigenvalue weighted by Crippen LogP contribution is 2.56. The minimum absolute atomic E-state index is 0.0987. The molecule has 0 aromatic rings. The van der Waals surface area contributed by atoms with E-state index in [1.165, 1.54) is 32.1 Å². The Labute approximate surface area is 310 Å². The number of hydrogen-bond acceptors (Lipinski definition) is 11. The van der Waals surface area contributed by atoms with Crippen LogP contribution in [-0.2, 0) is 52.4 Å². The summed E-state index contributed by atoms with van der Waals surface area (Å²) in [7, 11) is 0. The van der Waals surface area contributed by atoms with Gasteiger partial charge in [-0.05, 0) is 129 Å². The van der Waals surface area contributed by atoms with Crippen LogP contribution in [0.4, 0.5) is 0 Å². The van der Waals surface area contributed by atoms with Gasteiger partial charge in [-0.2, -0.15) is 0 Å². The highest BCUT2D eigenvalue weighted by Gasteiger charge is 2.64. The first-order valence-electron chi connectivity index (χ1n) is 20.0. The van der Waals surface area contributed by atoms with Crippen molar-refractivity contribution in [3.8, 4) is 0 Å². The summed E-state index contributed by atoms with van der Waals surface area (Å²) in [5.74, 6) is 2.57. The Morgan fingerprint density at radius 2 is 1.17 bits per heavy atom. The molecule has 6 saturated carbocycles. The van der Waals surface area contributed by atoms with E-state index in [0.717, 1.165) is 49.4 Å². The number of rotatable bonds is 11. The number of fused-ring (bicyclic) bond motifs is 1. The monoisotopic (exact) mass is 732 g/mol. The lowest BCUT2D eigenvalue weighted by atomic mass is 9.55. The molecule has 8 rings (SSSR count). The molecule has 11 heteroatoms. The first kappa shape index (κ1) is 40.5. The fourth-order valence-electron chi connectivity index (χ4n) is 9.19. The average Bonchev–Trinajstić information content (AvgIpc) is 3.84. The Bertz CT molecular complexity index is 1300. The molecule has 2 aliphatic heterocycles. The van der Waals surface area contributed by atoms with Crippen LogP contribution >= 0.6 is 0 Å². The van der Waals surface area contributed by atoms with Gasteiger partial charge in [0.05, 0.1) is 29.0 Å². The second kappa shape index (κ2) is 16.0. The standard InChI is InChI=1S/C17H28O3.C14H20O4.C10H16O4/c1-4-17(2,3)16(18)20-10-19-15-13-6-11-5-12(8-13)9-14(15)7-11;1-4-14(2,3)13(16)18-11-7-5-8-9(6-7)17-12(15)10(8)11;1-4-10(2,3)9(12)14-7-5-6-13-8(7)11/h11-15H,4-10H2,1-3H3;7-11H,4-6H2,1-3H3;7H,4-6H2,1-3H3. The van der Waals surface area contributed by atoms with Gasteiger partial charge in [0.25, 0.3) is 0 Å². The molecule has 52 heavy (non-hydrogen) atoms. The molecule has 0 aromatic carbocycles. The molecule has 6 aliphatic carbocycles. The van der Waals surface area contributed by atoms with Gasteiger partial charge in [0.15, 0.2) is 6.79 Å². The number of ether oxygens (including phenoxy) is 6. The van der Waals surface area contributed by atoms with Crippen molar-refractivity contribution in [1.82, 2.24) is 0 Å². The Morgan fingerprint density at radius 3 is 1.69 bits per heavy atom. The normalized spacial score (nSPS) is 35.1. The minimum Gasteiger partial charge on any atom is -0.463 e. The molecular weight excluding hydrogens is 668 g/mol. The van der Waals surface area contributed by atoms with E-state index in [0.29, 0.717) is 37.4 Å². The van der Waals surface area contributed by atoms with E-state index in [4.69, 9.17) is 28.4 Å². The van der Waals surface area contributed by atoms with Crippen molar-refractivity contribution >= 4 is 29.8 Å². The van der Waals surface area contributed by atoms with Gasteiger partial charge in [0.1, 0.15) is 18.1 Å². The molecule has 2 heterocycles. The molecule has 8 aliphatic rings. The van der Waals surface area contributed by atoms with Crippen LogP contribution in [0.2, 0.25) is 0 Å². The summed E-state index contributed by atoms with van der Waals surface area (Å²) in [5, 5.41) is 0. The lowest BCUT2D eigenvalue weighted by molar-refractivity contribution is -0.193. The smallest absolute Gasteiger partial charge is 0.347 e. The van der Waals surface area contributed by atoms with Crippen molar-refractivity contribution in [3.05, 3.63) is 0 Å². The SMILES string of the molecule is CCC(C)(C)C(=O)OC1C2CC3OC(=O)C1C3C2.CCC(C)(C)C(=O)OC1CCOC1=O.CCC(C)(C)C(=O)OCOC1C2CC3CC(C2)CC1C3. The van der Waals surface area contributed by atoms with Gasteiger partial charge in [-0.25, -0.2) is 4.79 Å². The van der Waals surface area contributed by atoms with Crippen LogP contribution in [0, 0.1) is 57.7 Å². The lowest BCUT2D eigenvalue weighted by Crippen LogP contribution is -2.49. The molecule has 0 amide bonds. The number of esters is 5. The second-order valence-electron chi connectivity index (χ2n) is 18.4. The maximum absolute atomic E-state index is 12.1. The van der Waals surface area contributed by atoms with E-state index >= 15 is 0 Å². The van der Waals surface area contributed by atoms with Crippen LogP contribution in [0.1, 0.15) is 133 Å². The van der Waals surface area contributed by atoms with Gasteiger partial charge in [0.2, 0.25) is 6.10 Å². The van der Waals surface area contributed by atoms with Crippen molar-refractivity contribution in [2.75, 3.05) is 13.4 Å². The van der Waals surface area contributed by atoms with Crippen molar-refractivity contribution in [1.29, 1.82) is 0 Å². The molecule has 0 radical (unpaired) electrons. The van der Waals surface area contributed by atoms with Crippen molar-refractivity contribution in [3.63, 3.8) is 0 Å². The molecular formula is C41H64O11. The fraction of sp³-hybridized carbons (Fsp3) is 0.878. The van der Waals surface area contributed by atoms with Crippen LogP contribution in [0.25, 0.3) is 0 Å². The lowest BCUT2D eigenvalue weighted by Gasteiger charge is -2.53. The third-order valence-electron chi connectivity index (χ3n) is 13.7. The van der Waals surface area contributed by atoms with E-state index in [2.05, 4.69) is 0 Å². The van der Waals surface area contributed by atoms with Crippen LogP contribution in [0.3, 0.4) is 0 Å². The number of carbonyl (C=O) groups is 5. The summed E-state index contributed by atoms with van der Waals surface area (Å²) < 4.78 is 32.1. The summed E-state index contributed by atoms with van der Waals surface area (Å²) in [6, 6.07) is 0. The molecule has 11 nitrogen and oxygen atoms in total. The molecule has 0 spiro atoms. The summed E-state index contributed by atoms with van der Waals surface area (Å²) in [5.41, 5.74) is -1.39. The molecule has 0 aromatic heterocycles. The summed E-state index contributed by atoms with van der Waals surface area (Å²) >= 11 is 0. The Kier molecular flexibility index (Phi) is 12.4. The maximum atomic E-state index is 12.1. The topological polar surface area (TPSA) is 141 Å². The van der Waals surface area contributed by atoms with Crippen molar-refractivity contribution in [2.45, 2.75) is 157 Å². The Morgan fingerprint density at radius 1 is 0.654 bits per heavy atom. The summed E-state index contributed by atoms with van der Waals surface area (Å²) in [6.45, 7) is 17.6. The summed E-state index contributed by atoms with van der Waals surface area (Å²) in [4.78, 5) is 58.5. The van der Waals surface area contributed by atoms with Gasteiger partial charge < -0.3 is 28.4 Å². The molecule has 0 N–H and O–H groups in total. The molecule has 294 valence electrons. The quantitative estimate of drug-likeness (QED) is 0.124. The van der Waals surface area contributed by atoms with Crippen LogP contribution in [0.5, 0.6) is 0 Å². The number of cyclic esters (lactones) is 1. The predicted molar refractivity (Wildman–Crippen MR) is 190 cm³/mol. The van der Waals surface area contributed by atoms with Crippen LogP contribution in [0.15, 0.2) is 0 Å². The van der Waals surface area contributed by atoms with Gasteiger partial charge in [0, 0.05) is 18.3 Å². The first-order valence-corrected chi connectivity index (χ1v) is 20.0. The number of hydrogen-bond donors (Lipinski definition) is 0. The van der Waals surface area contributed by atoms with E-state index in [9.17, 15) is 24.0 Å². The molecule has 6 bridgehead atoms. The molecule has 6 atom stereocenters. The predicted octanol–water partition coefficient (Wildman–Crippen LogP) is 6.96. The third-order valence-corrected chi connectivity index (χ3v) is 13.7. The molecule has 6 unspecified atom stereocenters. The highest BCUT2D eigenvalue weighted by atomic mass is 16.7. The minimum atomic E-state index is -0.687. The fourth-order valence-corrected chi connectivity index (χ4v) is 9.19. The van der Waals surface area contributed by atoms with Gasteiger partial charge in [-0.1, -0.05) is 20.8 Å². The van der Waals surface area contributed by atoms with E-state index in [1.54, 1.807) is 13.8 Å². The first-order chi connectivity index (χ1) is 24.4. The zero-order chi connectivity index (χ0) is 38.2. The van der Waals surface area contributed by atoms with Gasteiger partial charge in [-0.3, -0.25) is 19.2 Å². The Hall–Kier alpha value is -2.69. The summed E-state index contributed by atoms with van der Waals surface area (Å²) in [6.07, 6.45) is 10.9. The molecule has 2 saturated heterocycles. The van der Waals surface area contributed by atoms with E-state index in [-0.39, 0.29) is 48.8 Å². The van der Waals surface area contributed by atoms with Crippen LogP contribution in [-0.4, -0.2) is 67.7 Å². The maximum Gasteiger partial charge on any atom is 0.347 e. The zero-order valence-electron chi connectivity index (χ0n) is 33.0. The third kappa shape index (κ3) is 8.65. The Balaban J connectivity index is 0.000000153. The number of carbonyl (C=O) groups excluding carboxylic acids is 5. The second-order valence-corrected chi connectivity index (χ2v) is 18.4. The largest absolute Gasteiger partial charge is 0.463 e. The van der Waals surface area contributed by atoms with E-state index in [1.807, 2.05) is 48.5 Å². The van der Waals surface area contributed by atoms with Crippen molar-refractivity contribution < 1.29 is 52.4 Å². The van der Waals surface area contributed by atoms with E-state index < -0.39 is 28.3 Å².